The summed E-state index contributed by atoms with van der Waals surface area (Å²) in [5, 5.41) is 3.64. The lowest BCUT2D eigenvalue weighted by atomic mass is 10.0. The summed E-state index contributed by atoms with van der Waals surface area (Å²) in [6.45, 7) is 0. The molecule has 0 unspecified atom stereocenters. The van der Waals surface area contributed by atoms with E-state index in [0.29, 0.717) is 22.6 Å². The Morgan fingerprint density at radius 2 is 0.830 bits per heavy atom. The smallest absolute Gasteiger partial charge is 0.193 e. The minimum absolute atomic E-state index is 0.0649. The van der Waals surface area contributed by atoms with Crippen LogP contribution in [0.3, 0.4) is 0 Å². The summed E-state index contributed by atoms with van der Waals surface area (Å²) in [5.41, 5.74) is 3.27. The molecule has 0 fully saturated rings. The van der Waals surface area contributed by atoms with Crippen molar-refractivity contribution in [2.75, 3.05) is 0 Å². The van der Waals surface area contributed by atoms with E-state index in [-0.39, 0.29) is 5.78 Å². The van der Waals surface area contributed by atoms with Crippen molar-refractivity contribution in [3.63, 3.8) is 0 Å². The van der Waals surface area contributed by atoms with Crippen LogP contribution in [0.4, 0.5) is 0 Å². The molecule has 7 aromatic carbocycles. The molecule has 4 heteroatoms. The molecular formula is C43H31O3P. The molecule has 0 radical (unpaired) electrons. The first-order chi connectivity index (χ1) is 23.2. The molecule has 0 spiro atoms. The first-order valence-corrected chi connectivity index (χ1v) is 16.8. The summed E-state index contributed by atoms with van der Waals surface area (Å²) in [6, 6.07) is 62.1. The summed E-state index contributed by atoms with van der Waals surface area (Å²) in [5.74, 6) is 2.83. The minimum Gasteiger partial charge on any atom is -0.457 e. The van der Waals surface area contributed by atoms with Gasteiger partial charge in [0, 0.05) is 22.0 Å². The van der Waals surface area contributed by atoms with Gasteiger partial charge >= 0.3 is 0 Å². The molecule has 7 rings (SSSR count). The van der Waals surface area contributed by atoms with E-state index >= 15 is 0 Å². The van der Waals surface area contributed by atoms with Crippen LogP contribution >= 0.6 is 7.92 Å². The summed E-state index contributed by atoms with van der Waals surface area (Å²) in [7, 11) is -0.832. The first-order valence-electron chi connectivity index (χ1n) is 15.5. The monoisotopic (exact) mass is 626 g/mol. The Labute approximate surface area is 276 Å². The molecule has 0 aliphatic carbocycles. The quantitative estimate of drug-likeness (QED) is 0.112. The number of hydrogen-bond acceptors (Lipinski definition) is 3. The molecule has 0 saturated heterocycles. The molecule has 0 heterocycles. The van der Waals surface area contributed by atoms with E-state index in [1.165, 1.54) is 10.6 Å². The van der Waals surface area contributed by atoms with Crippen LogP contribution < -0.4 is 25.4 Å². The Balaban J connectivity index is 1.08. The molecular weight excluding hydrogens is 595 g/mol. The van der Waals surface area contributed by atoms with Crippen LogP contribution in [-0.2, 0) is 0 Å². The summed E-state index contributed by atoms with van der Waals surface area (Å²) in [6.07, 6.45) is 0. The van der Waals surface area contributed by atoms with Crippen LogP contribution in [0, 0.1) is 0 Å². The predicted molar refractivity (Wildman–Crippen MR) is 193 cm³/mol. The van der Waals surface area contributed by atoms with Gasteiger partial charge in [-0.2, -0.15) is 0 Å². The summed E-state index contributed by atoms with van der Waals surface area (Å²) in [4.78, 5) is 13.4. The molecule has 0 aromatic heterocycles. The third-order valence-corrected chi connectivity index (χ3v) is 10.3. The largest absolute Gasteiger partial charge is 0.457 e. The number of carbonyl (C=O) groups is 1. The van der Waals surface area contributed by atoms with E-state index < -0.39 is 7.92 Å². The zero-order valence-corrected chi connectivity index (χ0v) is 26.5. The molecule has 7 aromatic rings. The second-order valence-electron chi connectivity index (χ2n) is 10.9. The Morgan fingerprint density at radius 3 is 1.38 bits per heavy atom. The lowest BCUT2D eigenvalue weighted by Gasteiger charge is -2.22. The van der Waals surface area contributed by atoms with Crippen molar-refractivity contribution in [3.8, 4) is 34.1 Å². The Kier molecular flexibility index (Phi) is 8.99. The van der Waals surface area contributed by atoms with Gasteiger partial charge in [0.1, 0.15) is 23.0 Å². The zero-order chi connectivity index (χ0) is 31.8. The molecule has 0 bridgehead atoms. The molecule has 47 heavy (non-hydrogen) atoms. The van der Waals surface area contributed by atoms with E-state index in [2.05, 4.69) is 72.8 Å². The fourth-order valence-electron chi connectivity index (χ4n) is 5.49. The maximum Gasteiger partial charge on any atom is 0.193 e. The van der Waals surface area contributed by atoms with Crippen LogP contribution in [0.15, 0.2) is 188 Å². The number of para-hydroxylation sites is 2. The molecule has 0 atom stereocenters. The second-order valence-corrected chi connectivity index (χ2v) is 13.1. The number of ketones is 1. The van der Waals surface area contributed by atoms with Gasteiger partial charge in [0.15, 0.2) is 5.78 Å². The van der Waals surface area contributed by atoms with E-state index in [1.807, 2.05) is 103 Å². The molecule has 0 saturated carbocycles. The first kappa shape index (κ1) is 29.9. The number of benzene rings is 7. The van der Waals surface area contributed by atoms with Crippen molar-refractivity contribution in [3.05, 3.63) is 199 Å². The highest BCUT2D eigenvalue weighted by Gasteiger charge is 2.20. The maximum absolute atomic E-state index is 13.4. The van der Waals surface area contributed by atoms with Crippen molar-refractivity contribution in [1.29, 1.82) is 0 Å². The minimum atomic E-state index is -0.832. The van der Waals surface area contributed by atoms with Gasteiger partial charge in [-0.3, -0.25) is 4.79 Å². The average molecular weight is 627 g/mol. The highest BCUT2D eigenvalue weighted by molar-refractivity contribution is 7.80. The highest BCUT2D eigenvalue weighted by atomic mass is 31.1. The highest BCUT2D eigenvalue weighted by Crippen LogP contribution is 2.38. The fourth-order valence-corrected chi connectivity index (χ4v) is 7.86. The fraction of sp³-hybridized carbons (Fsp3) is 0. The summed E-state index contributed by atoms with van der Waals surface area (Å²) < 4.78 is 12.7. The maximum atomic E-state index is 13.4. The van der Waals surface area contributed by atoms with Gasteiger partial charge in [0.2, 0.25) is 0 Å². The van der Waals surface area contributed by atoms with Crippen LogP contribution in [0.5, 0.6) is 23.0 Å². The van der Waals surface area contributed by atoms with Gasteiger partial charge < -0.3 is 9.47 Å². The van der Waals surface area contributed by atoms with Crippen molar-refractivity contribution in [1.82, 2.24) is 0 Å². The van der Waals surface area contributed by atoms with E-state index in [1.54, 1.807) is 12.1 Å². The summed E-state index contributed by atoms with van der Waals surface area (Å²) >= 11 is 0. The lowest BCUT2D eigenvalue weighted by Crippen LogP contribution is -2.21. The average Bonchev–Trinajstić information content (AvgIpc) is 3.14. The molecule has 0 amide bonds. The van der Waals surface area contributed by atoms with Crippen molar-refractivity contribution < 1.29 is 14.3 Å². The molecule has 0 aliphatic heterocycles. The number of hydrogen-bond donors (Lipinski definition) is 0. The van der Waals surface area contributed by atoms with Gasteiger partial charge in [0.05, 0.1) is 0 Å². The van der Waals surface area contributed by atoms with Gasteiger partial charge in [-0.05, 0) is 84.8 Å². The van der Waals surface area contributed by atoms with Gasteiger partial charge in [-0.1, -0.05) is 127 Å². The van der Waals surface area contributed by atoms with Gasteiger partial charge in [-0.25, -0.2) is 0 Å². The Morgan fingerprint density at radius 1 is 0.404 bits per heavy atom. The molecule has 3 nitrogen and oxygen atoms in total. The number of ether oxygens (including phenoxy) is 2. The van der Waals surface area contributed by atoms with Crippen LogP contribution in [0.1, 0.15) is 15.9 Å². The number of carbonyl (C=O) groups excluding carboxylic acids is 1. The topological polar surface area (TPSA) is 35.5 Å². The SMILES string of the molecule is O=C(c1ccc(Oc2ccccc2-c2ccccc2)cc1)c1ccc(Oc2ccccc2P(c2ccccc2)c2ccccc2)cc1. The zero-order valence-electron chi connectivity index (χ0n) is 25.6. The van der Waals surface area contributed by atoms with Crippen LogP contribution in [-0.4, -0.2) is 5.78 Å². The van der Waals surface area contributed by atoms with Gasteiger partial charge in [0.25, 0.3) is 0 Å². The van der Waals surface area contributed by atoms with E-state index in [0.717, 1.165) is 27.9 Å². The van der Waals surface area contributed by atoms with Crippen molar-refractivity contribution in [2.24, 2.45) is 0 Å². The van der Waals surface area contributed by atoms with Crippen LogP contribution in [0.2, 0.25) is 0 Å². The molecule has 0 aliphatic rings. The predicted octanol–water partition coefficient (Wildman–Crippen LogP) is 9.93. The molecule has 0 N–H and O–H groups in total. The molecule has 226 valence electrons. The van der Waals surface area contributed by atoms with E-state index in [4.69, 9.17) is 9.47 Å². The standard InChI is InChI=1S/C43H31O3P/c44-43(33-24-28-35(29-25-33)45-40-21-11-10-20-39(40)32-14-4-1-5-15-32)34-26-30-36(31-27-34)46-41-22-12-13-23-42(41)47(37-16-6-2-7-17-37)38-18-8-3-9-19-38/h1-31H. The van der Waals surface area contributed by atoms with Crippen LogP contribution in [0.25, 0.3) is 11.1 Å². The van der Waals surface area contributed by atoms with Crippen molar-refractivity contribution in [2.45, 2.75) is 0 Å². The third kappa shape index (κ3) is 6.92. The van der Waals surface area contributed by atoms with Crippen molar-refractivity contribution >= 4 is 29.6 Å². The number of rotatable bonds is 10. The van der Waals surface area contributed by atoms with Gasteiger partial charge in [-0.15, -0.1) is 0 Å². The van der Waals surface area contributed by atoms with E-state index in [9.17, 15) is 4.79 Å². The third-order valence-electron chi connectivity index (χ3n) is 7.80. The normalized spacial score (nSPS) is 10.8. The Bertz CT molecular complexity index is 2040. The Hall–Kier alpha value is -5.76. The lowest BCUT2D eigenvalue weighted by molar-refractivity contribution is 0.103. The second kappa shape index (κ2) is 14.1.